The van der Waals surface area contributed by atoms with Gasteiger partial charge in [-0.1, -0.05) is 0 Å². The Morgan fingerprint density at radius 3 is 3.00 bits per heavy atom. The summed E-state index contributed by atoms with van der Waals surface area (Å²) in [5.41, 5.74) is 0. The molecule has 5 nitrogen and oxygen atoms in total. The highest BCUT2D eigenvalue weighted by Crippen LogP contribution is 2.23. The van der Waals surface area contributed by atoms with Crippen molar-refractivity contribution in [2.45, 2.75) is 6.42 Å². The van der Waals surface area contributed by atoms with Crippen molar-refractivity contribution >= 4 is 5.95 Å². The van der Waals surface area contributed by atoms with Gasteiger partial charge in [-0.3, -0.25) is 0 Å². The molecule has 6 heteroatoms. The predicted molar refractivity (Wildman–Crippen MR) is 67.4 cm³/mol. The number of hydrogen-bond acceptors (Lipinski definition) is 5. The van der Waals surface area contributed by atoms with Crippen molar-refractivity contribution in [1.82, 2.24) is 14.9 Å². The largest absolute Gasteiger partial charge is 0.479 e. The standard InChI is InChI=1S/C12H19FN4O/c1-16(2)7-9-4-5-17(8-9)12-14-6-10(13)11(15-12)18-3/h6,9H,4-5,7-8H2,1-3H3/t9-/m1/s1. The molecule has 0 amide bonds. The zero-order valence-electron chi connectivity index (χ0n) is 11.1. The van der Waals surface area contributed by atoms with Gasteiger partial charge in [0.25, 0.3) is 5.88 Å². The summed E-state index contributed by atoms with van der Waals surface area (Å²) in [5.74, 6) is 0.649. The number of halogens is 1. The summed E-state index contributed by atoms with van der Waals surface area (Å²) in [6.45, 7) is 2.87. The molecule has 2 rings (SSSR count). The van der Waals surface area contributed by atoms with Gasteiger partial charge < -0.3 is 14.5 Å². The van der Waals surface area contributed by atoms with Crippen LogP contribution in [0.2, 0.25) is 0 Å². The Labute approximate surface area is 107 Å². The fourth-order valence-corrected chi connectivity index (χ4v) is 2.32. The van der Waals surface area contributed by atoms with Crippen molar-refractivity contribution < 1.29 is 9.13 Å². The van der Waals surface area contributed by atoms with E-state index in [0.29, 0.717) is 11.9 Å². The van der Waals surface area contributed by atoms with Crippen LogP contribution in [-0.2, 0) is 0 Å². The van der Waals surface area contributed by atoms with Gasteiger partial charge in [0.1, 0.15) is 0 Å². The summed E-state index contributed by atoms with van der Waals surface area (Å²) in [4.78, 5) is 12.4. The molecule has 18 heavy (non-hydrogen) atoms. The normalized spacial score (nSPS) is 19.6. The molecule has 0 aromatic carbocycles. The fraction of sp³-hybridized carbons (Fsp3) is 0.667. The number of methoxy groups -OCH3 is 1. The molecule has 0 unspecified atom stereocenters. The van der Waals surface area contributed by atoms with Gasteiger partial charge in [-0.2, -0.15) is 9.37 Å². The summed E-state index contributed by atoms with van der Waals surface area (Å²) in [5, 5.41) is 0. The second kappa shape index (κ2) is 5.48. The van der Waals surface area contributed by atoms with Gasteiger partial charge in [0.2, 0.25) is 11.8 Å². The van der Waals surface area contributed by atoms with Crippen LogP contribution in [0, 0.1) is 11.7 Å². The third kappa shape index (κ3) is 2.87. The molecule has 0 saturated carbocycles. The van der Waals surface area contributed by atoms with Crippen LogP contribution in [0.5, 0.6) is 5.88 Å². The average molecular weight is 254 g/mol. The lowest BCUT2D eigenvalue weighted by Gasteiger charge is -2.18. The van der Waals surface area contributed by atoms with E-state index in [9.17, 15) is 4.39 Å². The number of ether oxygens (including phenoxy) is 1. The number of aromatic nitrogens is 2. The van der Waals surface area contributed by atoms with E-state index in [1.54, 1.807) is 0 Å². The first kappa shape index (κ1) is 13.0. The van der Waals surface area contributed by atoms with E-state index >= 15 is 0 Å². The molecule has 0 bridgehead atoms. The third-order valence-electron chi connectivity index (χ3n) is 3.08. The molecule has 0 radical (unpaired) electrons. The van der Waals surface area contributed by atoms with Crippen LogP contribution < -0.4 is 9.64 Å². The quantitative estimate of drug-likeness (QED) is 0.802. The first-order valence-electron chi connectivity index (χ1n) is 6.06. The lowest BCUT2D eigenvalue weighted by atomic mass is 10.1. The molecule has 2 heterocycles. The second-order valence-corrected chi connectivity index (χ2v) is 4.89. The van der Waals surface area contributed by atoms with E-state index in [1.165, 1.54) is 13.3 Å². The molecule has 1 aromatic heterocycles. The number of rotatable bonds is 4. The minimum Gasteiger partial charge on any atom is -0.479 e. The van der Waals surface area contributed by atoms with Gasteiger partial charge >= 0.3 is 0 Å². The Morgan fingerprint density at radius 2 is 2.33 bits per heavy atom. The molecule has 0 aliphatic carbocycles. The molecule has 1 aliphatic rings. The summed E-state index contributed by atoms with van der Waals surface area (Å²) < 4.78 is 18.1. The smallest absolute Gasteiger partial charge is 0.255 e. The van der Waals surface area contributed by atoms with E-state index in [2.05, 4.69) is 33.9 Å². The summed E-state index contributed by atoms with van der Waals surface area (Å²) in [7, 11) is 5.55. The molecular weight excluding hydrogens is 235 g/mol. The van der Waals surface area contributed by atoms with Crippen LogP contribution in [-0.4, -0.2) is 55.7 Å². The van der Waals surface area contributed by atoms with E-state index in [1.807, 2.05) is 0 Å². The van der Waals surface area contributed by atoms with Crippen molar-refractivity contribution in [3.05, 3.63) is 12.0 Å². The first-order chi connectivity index (χ1) is 8.60. The van der Waals surface area contributed by atoms with Crippen LogP contribution in [0.4, 0.5) is 10.3 Å². The predicted octanol–water partition coefficient (Wildman–Crippen LogP) is 1.01. The Balaban J connectivity index is 2.05. The van der Waals surface area contributed by atoms with Crippen molar-refractivity contribution in [2.24, 2.45) is 5.92 Å². The van der Waals surface area contributed by atoms with Gasteiger partial charge in [-0.15, -0.1) is 0 Å². The van der Waals surface area contributed by atoms with Crippen LogP contribution >= 0.6 is 0 Å². The van der Waals surface area contributed by atoms with Crippen molar-refractivity contribution in [2.75, 3.05) is 45.7 Å². The highest BCUT2D eigenvalue weighted by Gasteiger charge is 2.25. The minimum atomic E-state index is -0.523. The van der Waals surface area contributed by atoms with E-state index in [0.717, 1.165) is 26.1 Å². The van der Waals surface area contributed by atoms with Gasteiger partial charge in [0.05, 0.1) is 13.3 Å². The number of nitrogens with zero attached hydrogens (tertiary/aromatic N) is 4. The summed E-state index contributed by atoms with van der Waals surface area (Å²) in [6.07, 6.45) is 2.28. The third-order valence-corrected chi connectivity index (χ3v) is 3.08. The van der Waals surface area contributed by atoms with Gasteiger partial charge in [0.15, 0.2) is 0 Å². The molecule has 1 saturated heterocycles. The monoisotopic (exact) mass is 254 g/mol. The van der Waals surface area contributed by atoms with Crippen LogP contribution in [0.15, 0.2) is 6.20 Å². The van der Waals surface area contributed by atoms with Crippen molar-refractivity contribution in [3.63, 3.8) is 0 Å². The molecule has 1 aromatic rings. The highest BCUT2D eigenvalue weighted by atomic mass is 19.1. The zero-order valence-corrected chi connectivity index (χ0v) is 11.1. The maximum atomic E-state index is 13.2. The SMILES string of the molecule is COc1nc(N2CC[C@H](CN(C)C)C2)ncc1F. The van der Waals surface area contributed by atoms with Gasteiger partial charge in [0, 0.05) is 19.6 Å². The topological polar surface area (TPSA) is 41.5 Å². The number of anilines is 1. The molecule has 1 atom stereocenters. The van der Waals surface area contributed by atoms with Crippen LogP contribution in [0.25, 0.3) is 0 Å². The average Bonchev–Trinajstić information content (AvgIpc) is 2.77. The maximum absolute atomic E-state index is 13.2. The Hall–Kier alpha value is -1.43. The Morgan fingerprint density at radius 1 is 1.56 bits per heavy atom. The molecule has 0 spiro atoms. The molecule has 100 valence electrons. The van der Waals surface area contributed by atoms with Crippen molar-refractivity contribution in [3.8, 4) is 5.88 Å². The molecule has 0 N–H and O–H groups in total. The van der Waals surface area contributed by atoms with Gasteiger partial charge in [-0.25, -0.2) is 4.98 Å². The first-order valence-corrected chi connectivity index (χ1v) is 6.06. The fourth-order valence-electron chi connectivity index (χ4n) is 2.32. The van der Waals surface area contributed by atoms with Crippen LogP contribution in [0.3, 0.4) is 0 Å². The van der Waals surface area contributed by atoms with E-state index in [4.69, 9.17) is 4.74 Å². The van der Waals surface area contributed by atoms with Crippen LogP contribution in [0.1, 0.15) is 6.42 Å². The second-order valence-electron chi connectivity index (χ2n) is 4.89. The molecule has 1 fully saturated rings. The number of hydrogen-bond donors (Lipinski definition) is 0. The minimum absolute atomic E-state index is 0.0102. The maximum Gasteiger partial charge on any atom is 0.255 e. The van der Waals surface area contributed by atoms with E-state index < -0.39 is 5.82 Å². The summed E-state index contributed by atoms with van der Waals surface area (Å²) >= 11 is 0. The Bertz CT molecular complexity index is 413. The Kier molecular flexibility index (Phi) is 3.96. The molecule has 1 aliphatic heterocycles. The zero-order chi connectivity index (χ0) is 13.1. The van der Waals surface area contributed by atoms with E-state index in [-0.39, 0.29) is 5.88 Å². The van der Waals surface area contributed by atoms with Crippen molar-refractivity contribution in [1.29, 1.82) is 0 Å². The molecular formula is C12H19FN4O. The lowest BCUT2D eigenvalue weighted by molar-refractivity contribution is 0.340. The highest BCUT2D eigenvalue weighted by molar-refractivity contribution is 5.34. The lowest BCUT2D eigenvalue weighted by Crippen LogP contribution is -2.26. The van der Waals surface area contributed by atoms with Gasteiger partial charge in [-0.05, 0) is 26.4 Å². The summed E-state index contributed by atoms with van der Waals surface area (Å²) in [6, 6.07) is 0.